The first-order valence-electron chi connectivity index (χ1n) is 3.74. The summed E-state index contributed by atoms with van der Waals surface area (Å²) in [6.07, 6.45) is 2.60. The topological polar surface area (TPSA) is 29.5 Å². The second-order valence-electron chi connectivity index (χ2n) is 2.50. The molecule has 2 nitrogen and oxygen atoms in total. The summed E-state index contributed by atoms with van der Waals surface area (Å²) in [5, 5.41) is 9.25. The van der Waals surface area contributed by atoms with E-state index in [1.807, 2.05) is 12.1 Å². The third kappa shape index (κ3) is 3.18. The third-order valence-corrected chi connectivity index (χ3v) is 1.62. The number of hydrogen-bond acceptors (Lipinski definition) is 2. The van der Waals surface area contributed by atoms with Gasteiger partial charge in [-0.05, 0) is 24.1 Å². The van der Waals surface area contributed by atoms with Gasteiger partial charge in [0.15, 0.2) is 11.5 Å². The summed E-state index contributed by atoms with van der Waals surface area (Å²) in [6, 6.07) is 5.27. The summed E-state index contributed by atoms with van der Waals surface area (Å²) in [5.74, 6) is 0.680. The van der Waals surface area contributed by atoms with Gasteiger partial charge in [-0.3, -0.25) is 0 Å². The van der Waals surface area contributed by atoms with Gasteiger partial charge in [0.25, 0.3) is 0 Å². The molecule has 1 aromatic rings. The Bertz CT molecular complexity index is 289. The number of hydrogen-bond donors (Lipinski definition) is 1. The van der Waals surface area contributed by atoms with Crippen molar-refractivity contribution in [3.05, 3.63) is 36.4 Å². The van der Waals surface area contributed by atoms with Crippen molar-refractivity contribution < 1.29 is 30.1 Å². The summed E-state index contributed by atoms with van der Waals surface area (Å²) in [4.78, 5) is 0. The minimum atomic E-state index is 0. The van der Waals surface area contributed by atoms with E-state index >= 15 is 0 Å². The van der Waals surface area contributed by atoms with Gasteiger partial charge < -0.3 is 11.3 Å². The number of allylic oxidation sites excluding steroid dienone is 1. The smallest absolute Gasteiger partial charge is 1.00 e. The standard InChI is InChI=1S/C10H12O2.Li.H/c1-3-4-8-5-6-9(11)10(7-8)12-2;;/h3,5-7,11H,1,4H2,2H3;;/q;+1;-1. The fourth-order valence-electron chi connectivity index (χ4n) is 1.02. The molecule has 1 aromatic carbocycles. The molecule has 0 amide bonds. The largest absolute Gasteiger partial charge is 1.00 e. The van der Waals surface area contributed by atoms with E-state index < -0.39 is 0 Å². The zero-order valence-corrected chi connectivity index (χ0v) is 8.08. The summed E-state index contributed by atoms with van der Waals surface area (Å²) >= 11 is 0. The first-order valence-corrected chi connectivity index (χ1v) is 3.74. The van der Waals surface area contributed by atoms with Gasteiger partial charge in [-0.2, -0.15) is 0 Å². The molecule has 0 atom stereocenters. The van der Waals surface area contributed by atoms with Crippen molar-refractivity contribution in [2.45, 2.75) is 6.42 Å². The van der Waals surface area contributed by atoms with Gasteiger partial charge in [0.05, 0.1) is 7.11 Å². The van der Waals surface area contributed by atoms with E-state index in [-0.39, 0.29) is 26.0 Å². The molecule has 0 saturated carbocycles. The molecular weight excluding hydrogens is 159 g/mol. The van der Waals surface area contributed by atoms with Crippen molar-refractivity contribution in [2.75, 3.05) is 7.11 Å². The average molecular weight is 172 g/mol. The van der Waals surface area contributed by atoms with Gasteiger partial charge in [-0.1, -0.05) is 12.1 Å². The Morgan fingerprint density at radius 3 is 2.85 bits per heavy atom. The van der Waals surface area contributed by atoms with Crippen LogP contribution >= 0.6 is 0 Å². The number of methoxy groups -OCH3 is 1. The predicted molar refractivity (Wildman–Crippen MR) is 49.7 cm³/mol. The van der Waals surface area contributed by atoms with Crippen molar-refractivity contribution in [1.29, 1.82) is 0 Å². The molecule has 13 heavy (non-hydrogen) atoms. The van der Waals surface area contributed by atoms with Crippen LogP contribution in [0.4, 0.5) is 0 Å². The average Bonchev–Trinajstić information content (AvgIpc) is 2.09. The molecule has 0 spiro atoms. The van der Waals surface area contributed by atoms with Crippen molar-refractivity contribution in [1.82, 2.24) is 0 Å². The summed E-state index contributed by atoms with van der Waals surface area (Å²) in [7, 11) is 1.53. The minimum absolute atomic E-state index is 0. The molecule has 0 aromatic heterocycles. The van der Waals surface area contributed by atoms with Crippen molar-refractivity contribution in [2.24, 2.45) is 0 Å². The SMILES string of the molecule is C=CCc1ccc(O)c(OC)c1.[H-].[Li+]. The van der Waals surface area contributed by atoms with Gasteiger partial charge in [0.1, 0.15) is 0 Å². The summed E-state index contributed by atoms with van der Waals surface area (Å²) in [5.41, 5.74) is 1.08. The quantitative estimate of drug-likeness (QED) is 0.480. The Labute approximate surface area is 91.9 Å². The van der Waals surface area contributed by atoms with Crippen LogP contribution in [0.15, 0.2) is 30.9 Å². The number of phenols is 1. The number of ether oxygens (including phenoxy) is 1. The van der Waals surface area contributed by atoms with Crippen LogP contribution < -0.4 is 23.6 Å². The van der Waals surface area contributed by atoms with Gasteiger partial charge in [-0.25, -0.2) is 0 Å². The minimum Gasteiger partial charge on any atom is -1.00 e. The van der Waals surface area contributed by atoms with E-state index in [9.17, 15) is 5.11 Å². The maximum atomic E-state index is 9.25. The van der Waals surface area contributed by atoms with Crippen LogP contribution in [0.1, 0.15) is 6.99 Å². The first-order chi connectivity index (χ1) is 5.77. The van der Waals surface area contributed by atoms with Gasteiger partial charge >= 0.3 is 18.9 Å². The van der Waals surface area contributed by atoms with Crippen LogP contribution in [0.2, 0.25) is 0 Å². The molecule has 0 aliphatic heterocycles. The van der Waals surface area contributed by atoms with E-state index in [2.05, 4.69) is 6.58 Å². The monoisotopic (exact) mass is 172 g/mol. The number of phenolic OH excluding ortho intramolecular Hbond substituents is 1. The summed E-state index contributed by atoms with van der Waals surface area (Å²) < 4.78 is 4.95. The maximum Gasteiger partial charge on any atom is 1.00 e. The normalized spacial score (nSPS) is 8.69. The number of benzene rings is 1. The van der Waals surface area contributed by atoms with E-state index in [4.69, 9.17) is 4.74 Å². The number of aromatic hydroxyl groups is 1. The number of rotatable bonds is 3. The second kappa shape index (κ2) is 5.74. The van der Waals surface area contributed by atoms with E-state index in [0.29, 0.717) is 5.75 Å². The van der Waals surface area contributed by atoms with Crippen LogP contribution in [-0.2, 0) is 6.42 Å². The van der Waals surface area contributed by atoms with E-state index in [1.165, 1.54) is 7.11 Å². The third-order valence-electron chi connectivity index (χ3n) is 1.62. The van der Waals surface area contributed by atoms with E-state index in [1.54, 1.807) is 12.1 Å². The van der Waals surface area contributed by atoms with Crippen LogP contribution in [0.5, 0.6) is 11.5 Å². The Morgan fingerprint density at radius 1 is 1.62 bits per heavy atom. The molecule has 0 saturated heterocycles. The van der Waals surface area contributed by atoms with Crippen LogP contribution in [0.3, 0.4) is 0 Å². The Balaban J connectivity index is 0. The Kier molecular flexibility index (Phi) is 5.37. The van der Waals surface area contributed by atoms with Crippen molar-refractivity contribution >= 4 is 0 Å². The molecule has 0 unspecified atom stereocenters. The molecule has 0 bridgehead atoms. The van der Waals surface area contributed by atoms with Crippen LogP contribution in [-0.4, -0.2) is 12.2 Å². The molecule has 3 heteroatoms. The molecular formula is C10H13LiO2. The second-order valence-corrected chi connectivity index (χ2v) is 2.50. The fourth-order valence-corrected chi connectivity index (χ4v) is 1.02. The Morgan fingerprint density at radius 2 is 2.31 bits per heavy atom. The molecule has 66 valence electrons. The predicted octanol–water partition coefficient (Wildman–Crippen LogP) is -0.754. The zero-order valence-electron chi connectivity index (χ0n) is 9.08. The molecule has 0 fully saturated rings. The molecule has 0 aliphatic carbocycles. The molecule has 0 aliphatic rings. The van der Waals surface area contributed by atoms with E-state index in [0.717, 1.165) is 12.0 Å². The van der Waals surface area contributed by atoms with Crippen molar-refractivity contribution in [3.8, 4) is 11.5 Å². The Hall–Kier alpha value is -0.843. The zero-order chi connectivity index (χ0) is 8.97. The van der Waals surface area contributed by atoms with Crippen LogP contribution in [0, 0.1) is 0 Å². The van der Waals surface area contributed by atoms with Gasteiger partial charge in [0.2, 0.25) is 0 Å². The maximum absolute atomic E-state index is 9.25. The van der Waals surface area contributed by atoms with Gasteiger partial charge in [-0.15, -0.1) is 6.58 Å². The van der Waals surface area contributed by atoms with Gasteiger partial charge in [0, 0.05) is 0 Å². The first kappa shape index (κ1) is 12.2. The molecule has 1 rings (SSSR count). The van der Waals surface area contributed by atoms with Crippen molar-refractivity contribution in [3.63, 3.8) is 0 Å². The fraction of sp³-hybridized carbons (Fsp3) is 0.200. The van der Waals surface area contributed by atoms with Crippen LogP contribution in [0.25, 0.3) is 0 Å². The molecule has 0 radical (unpaired) electrons. The molecule has 1 N–H and O–H groups in total. The summed E-state index contributed by atoms with van der Waals surface area (Å²) in [6.45, 7) is 3.63. The molecule has 0 heterocycles.